The zero-order valence-electron chi connectivity index (χ0n) is 7.47. The van der Waals surface area contributed by atoms with Gasteiger partial charge in [0.2, 0.25) is 0 Å². The molecule has 2 rings (SSSR count). The van der Waals surface area contributed by atoms with Crippen molar-refractivity contribution in [1.29, 1.82) is 0 Å². The minimum atomic E-state index is -0.893. The van der Waals surface area contributed by atoms with Gasteiger partial charge in [-0.2, -0.15) is 0 Å². The highest BCUT2D eigenvalue weighted by atomic mass is 16.4. The first kappa shape index (κ1) is 9.01. The zero-order valence-corrected chi connectivity index (χ0v) is 7.47. The van der Waals surface area contributed by atoms with Crippen LogP contribution < -0.4 is 0 Å². The smallest absolute Gasteiger partial charge is 0.407 e. The summed E-state index contributed by atoms with van der Waals surface area (Å²) < 4.78 is 0. The molecule has 2 heterocycles. The number of H-pyrrole nitrogens is 1. The number of hydrogen-bond donors (Lipinski definition) is 3. The minimum Gasteiger partial charge on any atom is -0.465 e. The summed E-state index contributed by atoms with van der Waals surface area (Å²) in [5.41, 5.74) is 0.661. The summed E-state index contributed by atoms with van der Waals surface area (Å²) in [5.74, 6) is 0.901. The Labute approximate surface area is 80.2 Å². The molecule has 1 amide bonds. The number of hydrogen-bond acceptors (Lipinski definition) is 3. The van der Waals surface area contributed by atoms with Gasteiger partial charge in [-0.3, -0.25) is 0 Å². The quantitative estimate of drug-likeness (QED) is 0.621. The monoisotopic (exact) mass is 197 g/mol. The molecule has 1 fully saturated rings. The normalized spacial score (nSPS) is 16.8. The Morgan fingerprint density at radius 3 is 2.93 bits per heavy atom. The molecule has 0 radical (unpaired) electrons. The summed E-state index contributed by atoms with van der Waals surface area (Å²) in [7, 11) is 0. The van der Waals surface area contributed by atoms with Gasteiger partial charge in [-0.05, 0) is 0 Å². The third kappa shape index (κ3) is 1.44. The second-order valence-electron chi connectivity index (χ2n) is 3.34. The molecule has 3 N–H and O–H groups in total. The van der Waals surface area contributed by atoms with Crippen molar-refractivity contribution in [3.8, 4) is 0 Å². The molecule has 0 aliphatic carbocycles. The molecular formula is C8H11N3O3. The van der Waals surface area contributed by atoms with Crippen molar-refractivity contribution in [2.24, 2.45) is 0 Å². The summed E-state index contributed by atoms with van der Waals surface area (Å²) in [6.45, 7) is 0.893. The van der Waals surface area contributed by atoms with Crippen molar-refractivity contribution >= 4 is 6.09 Å². The van der Waals surface area contributed by atoms with Crippen molar-refractivity contribution < 1.29 is 15.0 Å². The zero-order chi connectivity index (χ0) is 10.1. The average molecular weight is 197 g/mol. The number of imidazole rings is 1. The van der Waals surface area contributed by atoms with Crippen LogP contribution in [0.3, 0.4) is 0 Å². The second kappa shape index (κ2) is 3.30. The van der Waals surface area contributed by atoms with Gasteiger partial charge in [-0.15, -0.1) is 0 Å². The molecule has 1 aliphatic heterocycles. The lowest BCUT2D eigenvalue weighted by atomic mass is 10.0. The van der Waals surface area contributed by atoms with Gasteiger partial charge >= 0.3 is 6.09 Å². The molecule has 6 nitrogen and oxygen atoms in total. The van der Waals surface area contributed by atoms with Gasteiger partial charge in [0.15, 0.2) is 0 Å². The number of carbonyl (C=O) groups is 1. The lowest BCUT2D eigenvalue weighted by Crippen LogP contribution is -2.48. The highest BCUT2D eigenvalue weighted by Crippen LogP contribution is 2.24. The predicted molar refractivity (Wildman–Crippen MR) is 46.8 cm³/mol. The predicted octanol–water partition coefficient (Wildman–Crippen LogP) is -0.0208. The standard InChI is InChI=1S/C8H11N3O3/c12-4-6-1-9-7(10-6)5-2-11(3-5)8(13)14/h1,5,12H,2-4H2,(H,9,10)(H,13,14). The van der Waals surface area contributed by atoms with Crippen LogP contribution in [0.1, 0.15) is 17.4 Å². The van der Waals surface area contributed by atoms with Crippen molar-refractivity contribution in [1.82, 2.24) is 14.9 Å². The summed E-state index contributed by atoms with van der Waals surface area (Å²) in [6, 6.07) is 0. The number of aromatic amines is 1. The van der Waals surface area contributed by atoms with Crippen molar-refractivity contribution in [2.45, 2.75) is 12.5 Å². The van der Waals surface area contributed by atoms with E-state index in [9.17, 15) is 4.79 Å². The molecule has 0 aromatic carbocycles. The maximum atomic E-state index is 10.5. The van der Waals surface area contributed by atoms with Gasteiger partial charge in [0.05, 0.1) is 24.4 Å². The van der Waals surface area contributed by atoms with Crippen LogP contribution in [0.2, 0.25) is 0 Å². The van der Waals surface area contributed by atoms with Crippen LogP contribution in [0.5, 0.6) is 0 Å². The van der Waals surface area contributed by atoms with Gasteiger partial charge in [-0.1, -0.05) is 0 Å². The van der Waals surface area contributed by atoms with E-state index in [-0.39, 0.29) is 12.5 Å². The Hall–Kier alpha value is -1.56. The van der Waals surface area contributed by atoms with E-state index in [2.05, 4.69) is 9.97 Å². The summed E-state index contributed by atoms with van der Waals surface area (Å²) >= 11 is 0. The number of nitrogens with one attached hydrogen (secondary N) is 1. The van der Waals surface area contributed by atoms with Crippen molar-refractivity contribution in [3.05, 3.63) is 17.7 Å². The fourth-order valence-electron chi connectivity index (χ4n) is 1.47. The Kier molecular flexibility index (Phi) is 2.12. The Balaban J connectivity index is 1.96. The molecule has 0 spiro atoms. The molecule has 0 bridgehead atoms. The number of aliphatic hydroxyl groups excluding tert-OH is 1. The largest absolute Gasteiger partial charge is 0.465 e. The topological polar surface area (TPSA) is 89.4 Å². The molecule has 0 saturated carbocycles. The molecule has 6 heteroatoms. The van der Waals surface area contributed by atoms with E-state index in [1.54, 1.807) is 6.20 Å². The van der Waals surface area contributed by atoms with Crippen LogP contribution in [0.25, 0.3) is 0 Å². The maximum absolute atomic E-state index is 10.5. The molecule has 0 atom stereocenters. The number of amides is 1. The Morgan fingerprint density at radius 2 is 2.43 bits per heavy atom. The van der Waals surface area contributed by atoms with Gasteiger partial charge < -0.3 is 20.1 Å². The first-order valence-corrected chi connectivity index (χ1v) is 4.33. The van der Waals surface area contributed by atoms with E-state index in [0.717, 1.165) is 5.82 Å². The fourth-order valence-corrected chi connectivity index (χ4v) is 1.47. The highest BCUT2D eigenvalue weighted by molar-refractivity contribution is 5.66. The van der Waals surface area contributed by atoms with Crippen LogP contribution >= 0.6 is 0 Å². The van der Waals surface area contributed by atoms with Crippen LogP contribution in [-0.4, -0.2) is 44.3 Å². The minimum absolute atomic E-state index is 0.0671. The fraction of sp³-hybridized carbons (Fsp3) is 0.500. The highest BCUT2D eigenvalue weighted by Gasteiger charge is 2.33. The Morgan fingerprint density at radius 1 is 1.71 bits per heavy atom. The number of carboxylic acid groups (broad SMARTS) is 1. The van der Waals surface area contributed by atoms with Crippen LogP contribution in [0, 0.1) is 0 Å². The first-order chi connectivity index (χ1) is 6.70. The van der Waals surface area contributed by atoms with E-state index in [1.807, 2.05) is 0 Å². The van der Waals surface area contributed by atoms with Crippen LogP contribution in [-0.2, 0) is 6.61 Å². The lowest BCUT2D eigenvalue weighted by Gasteiger charge is -2.35. The Bertz CT molecular complexity index is 343. The maximum Gasteiger partial charge on any atom is 0.407 e. The molecule has 76 valence electrons. The van der Waals surface area contributed by atoms with E-state index in [4.69, 9.17) is 10.2 Å². The summed E-state index contributed by atoms with van der Waals surface area (Å²) in [4.78, 5) is 18.8. The third-order valence-corrected chi connectivity index (χ3v) is 2.36. The van der Waals surface area contributed by atoms with Gasteiger partial charge in [0, 0.05) is 13.1 Å². The molecule has 0 unspecified atom stereocenters. The molecule has 14 heavy (non-hydrogen) atoms. The molecule has 1 aromatic heterocycles. The van der Waals surface area contributed by atoms with Crippen LogP contribution in [0.15, 0.2) is 6.20 Å². The summed E-state index contributed by atoms with van der Waals surface area (Å²) in [5, 5.41) is 17.4. The molecule has 1 aliphatic rings. The SMILES string of the molecule is O=C(O)N1CC(c2ncc(CO)[nH]2)C1. The third-order valence-electron chi connectivity index (χ3n) is 2.36. The molecule has 1 aromatic rings. The second-order valence-corrected chi connectivity index (χ2v) is 3.34. The number of aliphatic hydroxyl groups is 1. The summed E-state index contributed by atoms with van der Waals surface area (Å²) in [6.07, 6.45) is 0.675. The van der Waals surface area contributed by atoms with Crippen LogP contribution in [0.4, 0.5) is 4.79 Å². The molecular weight excluding hydrogens is 186 g/mol. The number of likely N-dealkylation sites (tertiary alicyclic amines) is 1. The first-order valence-electron chi connectivity index (χ1n) is 4.33. The van der Waals surface area contributed by atoms with Gasteiger partial charge in [0.25, 0.3) is 0 Å². The number of nitrogens with zero attached hydrogens (tertiary/aromatic N) is 2. The number of rotatable bonds is 2. The lowest BCUT2D eigenvalue weighted by molar-refractivity contribution is 0.103. The van der Waals surface area contributed by atoms with E-state index >= 15 is 0 Å². The van der Waals surface area contributed by atoms with E-state index in [1.165, 1.54) is 4.90 Å². The van der Waals surface area contributed by atoms with Gasteiger partial charge in [0.1, 0.15) is 5.82 Å². The number of aromatic nitrogens is 2. The van der Waals surface area contributed by atoms with Gasteiger partial charge in [-0.25, -0.2) is 9.78 Å². The average Bonchev–Trinajstić information content (AvgIpc) is 2.49. The van der Waals surface area contributed by atoms with E-state index < -0.39 is 6.09 Å². The molecule has 1 saturated heterocycles. The van der Waals surface area contributed by atoms with Crippen molar-refractivity contribution in [3.63, 3.8) is 0 Å². The van der Waals surface area contributed by atoms with E-state index in [0.29, 0.717) is 18.8 Å². The van der Waals surface area contributed by atoms with Crippen molar-refractivity contribution in [2.75, 3.05) is 13.1 Å².